The summed E-state index contributed by atoms with van der Waals surface area (Å²) in [5.74, 6) is 0.0623. The van der Waals surface area contributed by atoms with Gasteiger partial charge in [-0.25, -0.2) is 9.07 Å². The number of halogens is 1. The van der Waals surface area contributed by atoms with Gasteiger partial charge in [0.1, 0.15) is 30.4 Å². The van der Waals surface area contributed by atoms with Gasteiger partial charge >= 0.3 is 0 Å². The van der Waals surface area contributed by atoms with Crippen molar-refractivity contribution in [2.24, 2.45) is 0 Å². The van der Waals surface area contributed by atoms with Crippen LogP contribution in [0.15, 0.2) is 30.5 Å². The molecule has 0 spiro atoms. The Labute approximate surface area is 128 Å². The Hall–Kier alpha value is -2.44. The molecule has 0 radical (unpaired) electrons. The Morgan fingerprint density at radius 3 is 2.82 bits per heavy atom. The van der Waals surface area contributed by atoms with Crippen LogP contribution in [0.4, 0.5) is 4.39 Å². The van der Waals surface area contributed by atoms with E-state index in [4.69, 9.17) is 4.74 Å². The Morgan fingerprint density at radius 2 is 2.14 bits per heavy atom. The molecule has 0 bridgehead atoms. The fraction of sp³-hybridized carbons (Fsp3) is 0.400. The van der Waals surface area contributed by atoms with Gasteiger partial charge in [-0.15, -0.1) is 5.10 Å². The molecule has 6 nitrogen and oxygen atoms in total. The summed E-state index contributed by atoms with van der Waals surface area (Å²) in [4.78, 5) is 13.7. The first-order valence-electron chi connectivity index (χ1n) is 7.17. The van der Waals surface area contributed by atoms with E-state index >= 15 is 0 Å². The van der Waals surface area contributed by atoms with E-state index in [1.807, 2.05) is 13.8 Å². The van der Waals surface area contributed by atoms with Crippen molar-refractivity contribution >= 4 is 5.91 Å². The van der Waals surface area contributed by atoms with E-state index in [0.717, 1.165) is 0 Å². The molecular formula is C15H19FN4O2. The van der Waals surface area contributed by atoms with Gasteiger partial charge in [-0.1, -0.05) is 11.3 Å². The topological polar surface area (TPSA) is 60.2 Å². The molecular weight excluding hydrogens is 287 g/mol. The van der Waals surface area contributed by atoms with Crippen molar-refractivity contribution in [1.82, 2.24) is 19.9 Å². The number of hydrogen-bond acceptors (Lipinski definition) is 4. The van der Waals surface area contributed by atoms with Crippen molar-refractivity contribution in [2.45, 2.75) is 27.0 Å². The first-order valence-corrected chi connectivity index (χ1v) is 7.17. The molecule has 2 aromatic rings. The summed E-state index contributed by atoms with van der Waals surface area (Å²) >= 11 is 0. The van der Waals surface area contributed by atoms with Crippen LogP contribution in [0.5, 0.6) is 5.75 Å². The summed E-state index contributed by atoms with van der Waals surface area (Å²) in [7, 11) is 0. The number of amides is 1. The largest absolute Gasteiger partial charge is 0.487 e. The van der Waals surface area contributed by atoms with Crippen LogP contribution < -0.4 is 4.74 Å². The van der Waals surface area contributed by atoms with E-state index in [1.54, 1.807) is 23.2 Å². The second kappa shape index (κ2) is 7.53. The minimum atomic E-state index is -0.356. The first-order chi connectivity index (χ1) is 10.6. The number of nitrogens with zero attached hydrogens (tertiary/aromatic N) is 4. The SMILES string of the molecule is CCN(CC)C(=O)Cn1cc(COc2cccc(F)c2)nn1. The molecule has 1 aromatic carbocycles. The van der Waals surface area contributed by atoms with Gasteiger partial charge < -0.3 is 9.64 Å². The van der Waals surface area contributed by atoms with Crippen LogP contribution in [0.3, 0.4) is 0 Å². The lowest BCUT2D eigenvalue weighted by Crippen LogP contribution is -2.33. The summed E-state index contributed by atoms with van der Waals surface area (Å²) in [6, 6.07) is 5.89. The van der Waals surface area contributed by atoms with Gasteiger partial charge in [0.05, 0.1) is 6.20 Å². The fourth-order valence-corrected chi connectivity index (χ4v) is 2.01. The Bertz CT molecular complexity index is 626. The molecule has 0 saturated carbocycles. The van der Waals surface area contributed by atoms with Crippen molar-refractivity contribution in [3.63, 3.8) is 0 Å². The van der Waals surface area contributed by atoms with Crippen LogP contribution in [-0.4, -0.2) is 38.9 Å². The predicted molar refractivity (Wildman–Crippen MR) is 78.7 cm³/mol. The predicted octanol–water partition coefficient (Wildman–Crippen LogP) is 1.86. The Balaban J connectivity index is 1.90. The van der Waals surface area contributed by atoms with E-state index in [2.05, 4.69) is 10.3 Å². The lowest BCUT2D eigenvalue weighted by molar-refractivity contribution is -0.131. The molecule has 2 rings (SSSR count). The van der Waals surface area contributed by atoms with Crippen LogP contribution in [0.1, 0.15) is 19.5 Å². The maximum absolute atomic E-state index is 13.0. The molecule has 0 aliphatic rings. The van der Waals surface area contributed by atoms with Gasteiger partial charge in [-0.05, 0) is 26.0 Å². The van der Waals surface area contributed by atoms with Crippen molar-refractivity contribution < 1.29 is 13.9 Å². The standard InChI is InChI=1S/C15H19FN4O2/c1-3-19(4-2)15(21)10-20-9-13(17-18-20)11-22-14-7-5-6-12(16)8-14/h5-9H,3-4,10-11H2,1-2H3. The molecule has 0 unspecified atom stereocenters. The quantitative estimate of drug-likeness (QED) is 0.783. The normalized spacial score (nSPS) is 10.5. The highest BCUT2D eigenvalue weighted by molar-refractivity contribution is 5.75. The van der Waals surface area contributed by atoms with E-state index in [-0.39, 0.29) is 24.9 Å². The van der Waals surface area contributed by atoms with Gasteiger partial charge in [0.25, 0.3) is 0 Å². The molecule has 0 atom stereocenters. The minimum Gasteiger partial charge on any atom is -0.487 e. The zero-order chi connectivity index (χ0) is 15.9. The molecule has 0 aliphatic heterocycles. The van der Waals surface area contributed by atoms with Crippen LogP contribution in [-0.2, 0) is 17.9 Å². The number of aromatic nitrogens is 3. The fourth-order valence-electron chi connectivity index (χ4n) is 2.01. The second-order valence-electron chi connectivity index (χ2n) is 4.72. The third-order valence-corrected chi connectivity index (χ3v) is 3.18. The first kappa shape index (κ1) is 15.9. The van der Waals surface area contributed by atoms with E-state index < -0.39 is 0 Å². The van der Waals surface area contributed by atoms with Crippen LogP contribution in [0.2, 0.25) is 0 Å². The molecule has 0 N–H and O–H groups in total. The number of benzene rings is 1. The van der Waals surface area contributed by atoms with Crippen LogP contribution in [0.25, 0.3) is 0 Å². The van der Waals surface area contributed by atoms with Crippen LogP contribution in [0, 0.1) is 5.82 Å². The molecule has 22 heavy (non-hydrogen) atoms. The van der Waals surface area contributed by atoms with Crippen LogP contribution >= 0.6 is 0 Å². The van der Waals surface area contributed by atoms with Gasteiger partial charge in [0, 0.05) is 19.2 Å². The number of hydrogen-bond donors (Lipinski definition) is 0. The highest BCUT2D eigenvalue weighted by Gasteiger charge is 2.11. The smallest absolute Gasteiger partial charge is 0.244 e. The lowest BCUT2D eigenvalue weighted by Gasteiger charge is -2.17. The number of carbonyl (C=O) groups excluding carboxylic acids is 1. The number of rotatable bonds is 7. The van der Waals surface area contributed by atoms with Crippen molar-refractivity contribution in [1.29, 1.82) is 0 Å². The summed E-state index contributed by atoms with van der Waals surface area (Å²) < 4.78 is 19.9. The molecule has 1 aromatic heterocycles. The summed E-state index contributed by atoms with van der Waals surface area (Å²) in [5.41, 5.74) is 0.580. The third kappa shape index (κ3) is 4.28. The van der Waals surface area contributed by atoms with E-state index in [1.165, 1.54) is 16.8 Å². The number of likely N-dealkylation sites (N-methyl/N-ethyl adjacent to an activating group) is 1. The van der Waals surface area contributed by atoms with Crippen molar-refractivity contribution in [3.05, 3.63) is 42.0 Å². The average molecular weight is 306 g/mol. The zero-order valence-electron chi connectivity index (χ0n) is 12.7. The second-order valence-corrected chi connectivity index (χ2v) is 4.72. The Kier molecular flexibility index (Phi) is 5.46. The molecule has 7 heteroatoms. The molecule has 118 valence electrons. The average Bonchev–Trinajstić information content (AvgIpc) is 2.94. The molecule has 1 amide bonds. The minimum absolute atomic E-state index is 0.00695. The Morgan fingerprint density at radius 1 is 1.36 bits per heavy atom. The monoisotopic (exact) mass is 306 g/mol. The van der Waals surface area contributed by atoms with Gasteiger partial charge in [0.2, 0.25) is 5.91 Å². The van der Waals surface area contributed by atoms with E-state index in [9.17, 15) is 9.18 Å². The highest BCUT2D eigenvalue weighted by atomic mass is 19.1. The maximum Gasteiger partial charge on any atom is 0.244 e. The molecule has 1 heterocycles. The van der Waals surface area contributed by atoms with Crippen molar-refractivity contribution in [3.8, 4) is 5.75 Å². The maximum atomic E-state index is 13.0. The summed E-state index contributed by atoms with van der Waals surface area (Å²) in [6.07, 6.45) is 1.65. The van der Waals surface area contributed by atoms with Gasteiger partial charge in [-0.3, -0.25) is 4.79 Å². The number of ether oxygens (including phenoxy) is 1. The summed E-state index contributed by atoms with van der Waals surface area (Å²) in [6.45, 7) is 5.51. The lowest BCUT2D eigenvalue weighted by atomic mass is 10.3. The van der Waals surface area contributed by atoms with Gasteiger partial charge in [0.15, 0.2) is 0 Å². The van der Waals surface area contributed by atoms with Gasteiger partial charge in [-0.2, -0.15) is 0 Å². The molecule has 0 fully saturated rings. The van der Waals surface area contributed by atoms with E-state index in [0.29, 0.717) is 24.5 Å². The zero-order valence-corrected chi connectivity index (χ0v) is 12.7. The van der Waals surface area contributed by atoms with Crippen molar-refractivity contribution in [2.75, 3.05) is 13.1 Å². The molecule has 0 aliphatic carbocycles. The highest BCUT2D eigenvalue weighted by Crippen LogP contribution is 2.13. The third-order valence-electron chi connectivity index (χ3n) is 3.18. The molecule has 0 saturated heterocycles. The number of carbonyl (C=O) groups is 1. The summed E-state index contributed by atoms with van der Waals surface area (Å²) in [5, 5.41) is 7.84.